The quantitative estimate of drug-likeness (QED) is 0.750. The largest absolute Gasteiger partial charge is 0.482 e. The van der Waals surface area contributed by atoms with Gasteiger partial charge < -0.3 is 15.0 Å². The average Bonchev–Trinajstić information content (AvgIpc) is 3.16. The van der Waals surface area contributed by atoms with Gasteiger partial charge in [0.05, 0.1) is 29.7 Å². The Kier molecular flexibility index (Phi) is 7.45. The minimum atomic E-state index is -0.320. The molecular weight excluding hydrogens is 374 g/mol. The topological polar surface area (TPSA) is 82.4 Å². The third-order valence-corrected chi connectivity index (χ3v) is 4.69. The molecule has 0 aliphatic carbocycles. The number of ether oxygens (including phenoxy) is 1. The van der Waals surface area contributed by atoms with Gasteiger partial charge in [0.25, 0.3) is 5.91 Å². The highest BCUT2D eigenvalue weighted by Gasteiger charge is 2.17. The lowest BCUT2D eigenvalue weighted by Gasteiger charge is -2.20. The SMILES string of the molecule is CCN(CC(=O)NCc1cccs1)C(=O)COc1ccc(C#N)cc1Cl. The molecule has 2 rings (SSSR count). The molecule has 0 aliphatic rings. The van der Waals surface area contributed by atoms with Crippen molar-refractivity contribution in [2.45, 2.75) is 13.5 Å². The number of nitrogens with one attached hydrogen (secondary N) is 1. The smallest absolute Gasteiger partial charge is 0.260 e. The zero-order valence-corrected chi connectivity index (χ0v) is 15.8. The second kappa shape index (κ2) is 9.80. The van der Waals surface area contributed by atoms with E-state index in [0.29, 0.717) is 24.4 Å². The monoisotopic (exact) mass is 391 g/mol. The predicted octanol–water partition coefficient (Wildman–Crippen LogP) is 2.82. The summed E-state index contributed by atoms with van der Waals surface area (Å²) in [6.07, 6.45) is 0. The minimum absolute atomic E-state index is 0.0365. The Balaban J connectivity index is 1.84. The van der Waals surface area contributed by atoms with Crippen molar-refractivity contribution in [2.75, 3.05) is 19.7 Å². The van der Waals surface area contributed by atoms with Crippen LogP contribution in [0.1, 0.15) is 17.4 Å². The molecule has 2 aromatic rings. The van der Waals surface area contributed by atoms with Crippen LogP contribution in [0.2, 0.25) is 5.02 Å². The van der Waals surface area contributed by atoms with E-state index in [0.717, 1.165) is 4.88 Å². The molecular formula is C18H18ClN3O3S. The van der Waals surface area contributed by atoms with Crippen molar-refractivity contribution in [2.24, 2.45) is 0 Å². The standard InChI is InChI=1S/C18H18ClN3O3S/c1-2-22(11-17(23)21-10-14-4-3-7-26-14)18(24)12-25-16-6-5-13(9-20)8-15(16)19/h3-8H,2,10-12H2,1H3,(H,21,23). The first-order valence-corrected chi connectivity index (χ1v) is 9.18. The van der Waals surface area contributed by atoms with Crippen LogP contribution in [0.15, 0.2) is 35.7 Å². The minimum Gasteiger partial charge on any atom is -0.482 e. The van der Waals surface area contributed by atoms with Gasteiger partial charge in [0.1, 0.15) is 5.75 Å². The van der Waals surface area contributed by atoms with Gasteiger partial charge in [0.2, 0.25) is 5.91 Å². The summed E-state index contributed by atoms with van der Waals surface area (Å²) in [7, 11) is 0. The normalized spacial score (nSPS) is 10.0. The summed E-state index contributed by atoms with van der Waals surface area (Å²) in [5.41, 5.74) is 0.409. The maximum Gasteiger partial charge on any atom is 0.260 e. The van der Waals surface area contributed by atoms with E-state index in [4.69, 9.17) is 21.6 Å². The van der Waals surface area contributed by atoms with E-state index < -0.39 is 0 Å². The molecule has 8 heteroatoms. The van der Waals surface area contributed by atoms with Crippen LogP contribution in [0.25, 0.3) is 0 Å². The van der Waals surface area contributed by atoms with E-state index in [1.165, 1.54) is 17.0 Å². The van der Waals surface area contributed by atoms with E-state index in [1.54, 1.807) is 24.3 Å². The summed E-state index contributed by atoms with van der Waals surface area (Å²) in [6.45, 7) is 2.34. The Morgan fingerprint density at radius 1 is 1.38 bits per heavy atom. The number of halogens is 1. The molecule has 0 saturated heterocycles. The van der Waals surface area contributed by atoms with Crippen molar-refractivity contribution in [1.82, 2.24) is 10.2 Å². The van der Waals surface area contributed by atoms with E-state index in [2.05, 4.69) is 5.32 Å². The number of nitriles is 1. The molecule has 0 spiro atoms. The molecule has 2 amide bonds. The second-order valence-electron chi connectivity index (χ2n) is 5.31. The zero-order valence-electron chi connectivity index (χ0n) is 14.2. The third kappa shape index (κ3) is 5.76. The van der Waals surface area contributed by atoms with Crippen LogP contribution in [0.5, 0.6) is 5.75 Å². The number of thiophene rings is 1. The van der Waals surface area contributed by atoms with Crippen molar-refractivity contribution in [1.29, 1.82) is 5.26 Å². The molecule has 136 valence electrons. The fraction of sp³-hybridized carbons (Fsp3) is 0.278. The van der Waals surface area contributed by atoms with Gasteiger partial charge in [-0.1, -0.05) is 17.7 Å². The number of rotatable bonds is 8. The fourth-order valence-corrected chi connectivity index (χ4v) is 3.00. The summed E-state index contributed by atoms with van der Waals surface area (Å²) in [5.74, 6) is -0.235. The van der Waals surface area contributed by atoms with Crippen molar-refractivity contribution in [3.63, 3.8) is 0 Å². The number of nitrogens with zero attached hydrogens (tertiary/aromatic N) is 2. The summed E-state index contributed by atoms with van der Waals surface area (Å²) in [5, 5.41) is 13.8. The van der Waals surface area contributed by atoms with Crippen LogP contribution in [0.3, 0.4) is 0 Å². The van der Waals surface area contributed by atoms with Gasteiger partial charge in [-0.15, -0.1) is 11.3 Å². The summed E-state index contributed by atoms with van der Waals surface area (Å²) in [4.78, 5) is 26.7. The maximum absolute atomic E-state index is 12.3. The number of likely N-dealkylation sites (N-methyl/N-ethyl adjacent to an activating group) is 1. The number of carbonyl (C=O) groups is 2. The molecule has 0 aliphatic heterocycles. The van der Waals surface area contributed by atoms with Crippen molar-refractivity contribution in [3.05, 3.63) is 51.2 Å². The first-order chi connectivity index (χ1) is 12.5. The Morgan fingerprint density at radius 2 is 2.19 bits per heavy atom. The van der Waals surface area contributed by atoms with Gasteiger partial charge in [0.15, 0.2) is 6.61 Å². The van der Waals surface area contributed by atoms with Gasteiger partial charge >= 0.3 is 0 Å². The molecule has 1 heterocycles. The molecule has 0 radical (unpaired) electrons. The molecule has 1 aromatic carbocycles. The predicted molar refractivity (Wildman–Crippen MR) is 100 cm³/mol. The molecule has 6 nitrogen and oxygen atoms in total. The molecule has 26 heavy (non-hydrogen) atoms. The highest BCUT2D eigenvalue weighted by Crippen LogP contribution is 2.25. The number of carbonyl (C=O) groups excluding carboxylic acids is 2. The van der Waals surface area contributed by atoms with Crippen LogP contribution >= 0.6 is 22.9 Å². The van der Waals surface area contributed by atoms with Crippen LogP contribution in [0, 0.1) is 11.3 Å². The number of benzene rings is 1. The van der Waals surface area contributed by atoms with E-state index >= 15 is 0 Å². The molecule has 0 unspecified atom stereocenters. The highest BCUT2D eigenvalue weighted by molar-refractivity contribution is 7.09. The first-order valence-electron chi connectivity index (χ1n) is 7.92. The first kappa shape index (κ1) is 19.8. The Bertz CT molecular complexity index is 803. The van der Waals surface area contributed by atoms with Gasteiger partial charge in [-0.3, -0.25) is 9.59 Å². The lowest BCUT2D eigenvalue weighted by atomic mass is 10.2. The lowest BCUT2D eigenvalue weighted by molar-refractivity contribution is -0.137. The molecule has 0 fully saturated rings. The molecule has 0 saturated carbocycles. The maximum atomic E-state index is 12.3. The third-order valence-electron chi connectivity index (χ3n) is 3.52. The molecule has 1 aromatic heterocycles. The Morgan fingerprint density at radius 3 is 2.81 bits per heavy atom. The number of amides is 2. The van der Waals surface area contributed by atoms with E-state index in [-0.39, 0.29) is 30.0 Å². The molecule has 0 atom stereocenters. The number of hydrogen-bond donors (Lipinski definition) is 1. The van der Waals surface area contributed by atoms with E-state index in [9.17, 15) is 9.59 Å². The average molecular weight is 392 g/mol. The van der Waals surface area contributed by atoms with Crippen LogP contribution in [-0.4, -0.2) is 36.4 Å². The van der Waals surface area contributed by atoms with Crippen molar-refractivity contribution < 1.29 is 14.3 Å². The lowest BCUT2D eigenvalue weighted by Crippen LogP contribution is -2.42. The second-order valence-corrected chi connectivity index (χ2v) is 6.75. The van der Waals surface area contributed by atoms with Gasteiger partial charge in [-0.2, -0.15) is 5.26 Å². The zero-order chi connectivity index (χ0) is 18.9. The van der Waals surface area contributed by atoms with Crippen LogP contribution in [-0.2, 0) is 16.1 Å². The molecule has 1 N–H and O–H groups in total. The molecule has 0 bridgehead atoms. The highest BCUT2D eigenvalue weighted by atomic mass is 35.5. The van der Waals surface area contributed by atoms with Crippen LogP contribution < -0.4 is 10.1 Å². The van der Waals surface area contributed by atoms with Gasteiger partial charge in [-0.05, 0) is 36.6 Å². The van der Waals surface area contributed by atoms with Crippen molar-refractivity contribution >= 4 is 34.8 Å². The summed E-state index contributed by atoms with van der Waals surface area (Å²) >= 11 is 7.57. The number of hydrogen-bond acceptors (Lipinski definition) is 5. The van der Waals surface area contributed by atoms with Crippen molar-refractivity contribution in [3.8, 4) is 11.8 Å². The Hall–Kier alpha value is -2.56. The van der Waals surface area contributed by atoms with Crippen LogP contribution in [0.4, 0.5) is 0 Å². The Labute approximate surface area is 160 Å². The summed E-state index contributed by atoms with van der Waals surface area (Å²) < 4.78 is 5.42. The van der Waals surface area contributed by atoms with Gasteiger partial charge in [0, 0.05) is 11.4 Å². The van der Waals surface area contributed by atoms with E-state index in [1.807, 2.05) is 23.6 Å². The fourth-order valence-electron chi connectivity index (χ4n) is 2.12. The van der Waals surface area contributed by atoms with Gasteiger partial charge in [-0.25, -0.2) is 0 Å². The summed E-state index contributed by atoms with van der Waals surface area (Å²) in [6, 6.07) is 10.4.